The molecule has 0 amide bonds. The van der Waals surface area contributed by atoms with Crippen molar-refractivity contribution in [1.29, 1.82) is 0 Å². The molecule has 0 bridgehead atoms. The number of aromatic nitrogens is 2. The average molecular weight is 440 g/mol. The van der Waals surface area contributed by atoms with Crippen molar-refractivity contribution in [2.75, 3.05) is 13.2 Å². The summed E-state index contributed by atoms with van der Waals surface area (Å²) in [7, 11) is 0. The molecule has 166 valence electrons. The van der Waals surface area contributed by atoms with E-state index in [1.54, 1.807) is 6.07 Å². The van der Waals surface area contributed by atoms with E-state index in [0.29, 0.717) is 18.1 Å². The molecule has 0 aliphatic rings. The molecule has 5 aromatic rings. The van der Waals surface area contributed by atoms with Crippen LogP contribution in [-0.2, 0) is 4.79 Å². The molecule has 3 N–H and O–H groups in total. The number of fused-ring (bicyclic) bond motifs is 2. The Labute approximate surface area is 190 Å². The van der Waals surface area contributed by atoms with Crippen LogP contribution in [0.1, 0.15) is 29.5 Å². The predicted octanol–water partition coefficient (Wildman–Crippen LogP) is 5.69. The van der Waals surface area contributed by atoms with Crippen molar-refractivity contribution in [3.8, 4) is 11.5 Å². The summed E-state index contributed by atoms with van der Waals surface area (Å²) in [4.78, 5) is 17.8. The quantitative estimate of drug-likeness (QED) is 0.289. The standard InChI is InChI=1S/C27H24N2O4/c1-2-32-25-13-17(11-12-24(25)33-16-26(30)31)27(20-14-28-22-9-5-3-7-18(20)22)21-15-29-23-10-6-4-8-19(21)23/h3-15,27-29H,2,16H2,1H3,(H,30,31). The average Bonchev–Trinajstić information content (AvgIpc) is 3.44. The van der Waals surface area contributed by atoms with E-state index in [2.05, 4.69) is 46.6 Å². The number of H-pyrrole nitrogens is 2. The van der Waals surface area contributed by atoms with Crippen LogP contribution in [0, 0.1) is 0 Å². The molecule has 0 aliphatic heterocycles. The Kier molecular flexibility index (Phi) is 5.48. The third-order valence-corrected chi connectivity index (χ3v) is 5.82. The molecule has 2 aromatic heterocycles. The number of rotatable bonds is 8. The molecular weight excluding hydrogens is 416 g/mol. The van der Waals surface area contributed by atoms with Crippen molar-refractivity contribution in [3.63, 3.8) is 0 Å². The van der Waals surface area contributed by atoms with E-state index in [1.165, 1.54) is 0 Å². The SMILES string of the molecule is CCOc1cc(C(c2c[nH]c3ccccc23)c2c[nH]c3ccccc23)ccc1OCC(=O)O. The number of benzene rings is 3. The van der Waals surface area contributed by atoms with Gasteiger partial charge in [0.25, 0.3) is 0 Å². The van der Waals surface area contributed by atoms with Gasteiger partial charge >= 0.3 is 5.97 Å². The number of hydrogen-bond donors (Lipinski definition) is 3. The molecule has 0 fully saturated rings. The molecule has 2 heterocycles. The van der Waals surface area contributed by atoms with Gasteiger partial charge in [-0.2, -0.15) is 0 Å². The molecule has 0 aliphatic carbocycles. The number of carboxylic acid groups (broad SMARTS) is 1. The van der Waals surface area contributed by atoms with Crippen LogP contribution in [-0.4, -0.2) is 34.3 Å². The first-order valence-corrected chi connectivity index (χ1v) is 10.9. The van der Waals surface area contributed by atoms with Crippen molar-refractivity contribution in [1.82, 2.24) is 9.97 Å². The second kappa shape index (κ2) is 8.74. The van der Waals surface area contributed by atoms with Crippen molar-refractivity contribution in [2.45, 2.75) is 12.8 Å². The molecule has 3 aromatic carbocycles. The topological polar surface area (TPSA) is 87.3 Å². The maximum absolute atomic E-state index is 11.0. The normalized spacial score (nSPS) is 11.3. The molecule has 6 nitrogen and oxygen atoms in total. The number of aliphatic carboxylic acids is 1. The highest BCUT2D eigenvalue weighted by Crippen LogP contribution is 2.42. The summed E-state index contributed by atoms with van der Waals surface area (Å²) in [6.07, 6.45) is 4.12. The van der Waals surface area contributed by atoms with Crippen LogP contribution in [0.25, 0.3) is 21.8 Å². The highest BCUT2D eigenvalue weighted by molar-refractivity contribution is 5.89. The minimum Gasteiger partial charge on any atom is -0.490 e. The van der Waals surface area contributed by atoms with Gasteiger partial charge in [0.2, 0.25) is 0 Å². The minimum atomic E-state index is -1.03. The van der Waals surface area contributed by atoms with Gasteiger partial charge in [-0.05, 0) is 47.9 Å². The zero-order chi connectivity index (χ0) is 22.8. The lowest BCUT2D eigenvalue weighted by Crippen LogP contribution is -2.11. The van der Waals surface area contributed by atoms with Gasteiger partial charge in [-0.25, -0.2) is 4.79 Å². The Morgan fingerprint density at radius 1 is 0.848 bits per heavy atom. The van der Waals surface area contributed by atoms with E-state index in [4.69, 9.17) is 14.6 Å². The smallest absolute Gasteiger partial charge is 0.341 e. The van der Waals surface area contributed by atoms with Crippen LogP contribution in [0.5, 0.6) is 11.5 Å². The summed E-state index contributed by atoms with van der Waals surface area (Å²) in [6.45, 7) is 1.91. The van der Waals surface area contributed by atoms with Crippen LogP contribution in [0.2, 0.25) is 0 Å². The van der Waals surface area contributed by atoms with Gasteiger partial charge in [0, 0.05) is 40.1 Å². The van der Waals surface area contributed by atoms with E-state index >= 15 is 0 Å². The summed E-state index contributed by atoms with van der Waals surface area (Å²) in [6, 6.07) is 22.2. The Bertz CT molecular complexity index is 1360. The molecule has 6 heteroatoms. The molecule has 0 spiro atoms. The highest BCUT2D eigenvalue weighted by atomic mass is 16.5. The minimum absolute atomic E-state index is 0.0787. The first-order valence-electron chi connectivity index (χ1n) is 10.9. The zero-order valence-electron chi connectivity index (χ0n) is 18.2. The molecule has 0 atom stereocenters. The summed E-state index contributed by atoms with van der Waals surface area (Å²) >= 11 is 0. The number of ether oxygens (including phenoxy) is 2. The summed E-state index contributed by atoms with van der Waals surface area (Å²) in [5.74, 6) is -0.164. The van der Waals surface area contributed by atoms with E-state index in [-0.39, 0.29) is 5.92 Å². The lowest BCUT2D eigenvalue weighted by molar-refractivity contribution is -0.139. The van der Waals surface area contributed by atoms with Gasteiger partial charge in [-0.3, -0.25) is 0 Å². The number of nitrogens with one attached hydrogen (secondary N) is 2. The Balaban J connectivity index is 1.69. The molecular formula is C27H24N2O4. The third-order valence-electron chi connectivity index (χ3n) is 5.82. The number of aromatic amines is 2. The van der Waals surface area contributed by atoms with Crippen molar-refractivity contribution in [3.05, 3.63) is 95.8 Å². The van der Waals surface area contributed by atoms with Gasteiger partial charge in [-0.1, -0.05) is 42.5 Å². The van der Waals surface area contributed by atoms with Crippen LogP contribution >= 0.6 is 0 Å². The van der Waals surface area contributed by atoms with Gasteiger partial charge in [0.05, 0.1) is 6.61 Å². The second-order valence-electron chi connectivity index (χ2n) is 7.83. The first-order chi connectivity index (χ1) is 16.2. The molecule has 0 unspecified atom stereocenters. The molecule has 5 rings (SSSR count). The van der Waals surface area contributed by atoms with Crippen LogP contribution in [0.3, 0.4) is 0 Å². The van der Waals surface area contributed by atoms with Crippen molar-refractivity contribution < 1.29 is 19.4 Å². The molecule has 33 heavy (non-hydrogen) atoms. The van der Waals surface area contributed by atoms with E-state index in [0.717, 1.165) is 38.5 Å². The van der Waals surface area contributed by atoms with Gasteiger partial charge < -0.3 is 24.5 Å². The first kappa shape index (κ1) is 20.7. The fraction of sp³-hybridized carbons (Fsp3) is 0.148. The lowest BCUT2D eigenvalue weighted by Gasteiger charge is -2.20. The molecule has 0 radical (unpaired) electrons. The molecule has 0 saturated heterocycles. The predicted molar refractivity (Wildman–Crippen MR) is 128 cm³/mol. The number of hydrogen-bond acceptors (Lipinski definition) is 3. The Morgan fingerprint density at radius 2 is 1.45 bits per heavy atom. The van der Waals surface area contributed by atoms with Gasteiger partial charge in [-0.15, -0.1) is 0 Å². The Hall–Kier alpha value is -4.19. The van der Waals surface area contributed by atoms with Crippen LogP contribution in [0.15, 0.2) is 79.1 Å². The maximum atomic E-state index is 11.0. The number of para-hydroxylation sites is 2. The third kappa shape index (κ3) is 3.91. The fourth-order valence-corrected chi connectivity index (χ4v) is 4.42. The summed E-state index contributed by atoms with van der Waals surface area (Å²) in [5, 5.41) is 11.3. The monoisotopic (exact) mass is 440 g/mol. The largest absolute Gasteiger partial charge is 0.490 e. The highest BCUT2D eigenvalue weighted by Gasteiger charge is 2.24. The number of carbonyl (C=O) groups is 1. The maximum Gasteiger partial charge on any atom is 0.341 e. The van der Waals surface area contributed by atoms with Crippen LogP contribution in [0.4, 0.5) is 0 Å². The van der Waals surface area contributed by atoms with Crippen LogP contribution < -0.4 is 9.47 Å². The van der Waals surface area contributed by atoms with E-state index < -0.39 is 12.6 Å². The number of carboxylic acids is 1. The lowest BCUT2D eigenvalue weighted by atomic mass is 9.84. The summed E-state index contributed by atoms with van der Waals surface area (Å²) in [5.41, 5.74) is 5.47. The van der Waals surface area contributed by atoms with Crippen molar-refractivity contribution >= 4 is 27.8 Å². The van der Waals surface area contributed by atoms with E-state index in [1.807, 2.05) is 43.3 Å². The zero-order valence-corrected chi connectivity index (χ0v) is 18.2. The van der Waals surface area contributed by atoms with E-state index in [9.17, 15) is 4.79 Å². The van der Waals surface area contributed by atoms with Crippen molar-refractivity contribution in [2.24, 2.45) is 0 Å². The van der Waals surface area contributed by atoms with Gasteiger partial charge in [0.1, 0.15) is 0 Å². The van der Waals surface area contributed by atoms with Gasteiger partial charge in [0.15, 0.2) is 18.1 Å². The second-order valence-corrected chi connectivity index (χ2v) is 7.83. The Morgan fingerprint density at radius 3 is 2.03 bits per heavy atom. The fourth-order valence-electron chi connectivity index (χ4n) is 4.42. The summed E-state index contributed by atoms with van der Waals surface area (Å²) < 4.78 is 11.3. The molecule has 0 saturated carbocycles.